The van der Waals surface area contributed by atoms with Crippen LogP contribution in [0.3, 0.4) is 0 Å². The lowest BCUT2D eigenvalue weighted by Gasteiger charge is -2.11. The first-order valence-corrected chi connectivity index (χ1v) is 8.97. The van der Waals surface area contributed by atoms with Crippen molar-refractivity contribution in [3.63, 3.8) is 0 Å². The molecule has 0 aliphatic carbocycles. The number of halogens is 1. The highest BCUT2D eigenvalue weighted by atomic mass is 35.5. The van der Waals surface area contributed by atoms with E-state index in [1.807, 2.05) is 48.5 Å². The molecule has 0 aliphatic heterocycles. The third kappa shape index (κ3) is 4.67. The van der Waals surface area contributed by atoms with Gasteiger partial charge < -0.3 is 10.1 Å². The molecule has 3 aromatic rings. The highest BCUT2D eigenvalue weighted by Crippen LogP contribution is 2.24. The van der Waals surface area contributed by atoms with Crippen LogP contribution in [0.4, 0.5) is 5.69 Å². The highest BCUT2D eigenvalue weighted by Gasteiger charge is 2.14. The summed E-state index contributed by atoms with van der Waals surface area (Å²) in [5, 5.41) is 3.39. The zero-order valence-electron chi connectivity index (χ0n) is 15.2. The van der Waals surface area contributed by atoms with Gasteiger partial charge in [-0.1, -0.05) is 66.2 Å². The van der Waals surface area contributed by atoms with Crippen molar-refractivity contribution in [1.29, 1.82) is 0 Å². The number of methoxy groups -OCH3 is 1. The molecule has 1 amide bonds. The molecule has 0 atom stereocenters. The second-order valence-electron chi connectivity index (χ2n) is 5.97. The number of nitrogens with one attached hydrogen (secondary N) is 1. The van der Waals surface area contributed by atoms with Crippen molar-refractivity contribution in [2.24, 2.45) is 0 Å². The van der Waals surface area contributed by atoms with Crippen LogP contribution in [0.25, 0.3) is 11.6 Å². The Bertz CT molecular complexity index is 1030. The Morgan fingerprint density at radius 3 is 2.29 bits per heavy atom. The average molecular weight is 392 g/mol. The number of carbonyl (C=O) groups is 2. The number of hydrogen-bond donors (Lipinski definition) is 1. The number of rotatable bonds is 5. The molecule has 1 N–H and O–H groups in total. The maximum absolute atomic E-state index is 13.0. The van der Waals surface area contributed by atoms with E-state index >= 15 is 0 Å². The van der Waals surface area contributed by atoms with Gasteiger partial charge in [0.25, 0.3) is 5.91 Å². The van der Waals surface area contributed by atoms with E-state index in [9.17, 15) is 9.59 Å². The van der Waals surface area contributed by atoms with E-state index in [1.165, 1.54) is 7.11 Å². The minimum absolute atomic E-state index is 0.312. The molecule has 3 rings (SSSR count). The lowest BCUT2D eigenvalue weighted by atomic mass is 10.0. The predicted molar refractivity (Wildman–Crippen MR) is 112 cm³/mol. The number of carbonyl (C=O) groups excluding carboxylic acids is 2. The van der Waals surface area contributed by atoms with E-state index in [4.69, 9.17) is 16.3 Å². The number of benzene rings is 3. The van der Waals surface area contributed by atoms with Crippen molar-refractivity contribution in [2.45, 2.75) is 0 Å². The molecule has 3 aromatic carbocycles. The Morgan fingerprint density at radius 2 is 1.57 bits per heavy atom. The molecule has 0 fully saturated rings. The summed E-state index contributed by atoms with van der Waals surface area (Å²) in [6, 6.07) is 23.2. The fourth-order valence-corrected chi connectivity index (χ4v) is 2.88. The van der Waals surface area contributed by atoms with Gasteiger partial charge in [-0.05, 0) is 41.5 Å². The van der Waals surface area contributed by atoms with Gasteiger partial charge in [-0.15, -0.1) is 0 Å². The van der Waals surface area contributed by atoms with Crippen LogP contribution >= 0.6 is 11.6 Å². The van der Waals surface area contributed by atoms with Gasteiger partial charge in [0.05, 0.1) is 12.7 Å². The Labute approximate surface area is 168 Å². The summed E-state index contributed by atoms with van der Waals surface area (Å²) in [4.78, 5) is 24.8. The Kier molecular flexibility index (Phi) is 6.25. The second-order valence-corrected chi connectivity index (χ2v) is 6.38. The zero-order chi connectivity index (χ0) is 19.9. The molecule has 0 saturated heterocycles. The first kappa shape index (κ1) is 19.4. The fourth-order valence-electron chi connectivity index (χ4n) is 2.69. The van der Waals surface area contributed by atoms with Gasteiger partial charge >= 0.3 is 5.97 Å². The lowest BCUT2D eigenvalue weighted by Crippen LogP contribution is -2.14. The molecule has 0 aliphatic rings. The van der Waals surface area contributed by atoms with Gasteiger partial charge in [0.1, 0.15) is 0 Å². The molecule has 140 valence electrons. The molecule has 0 saturated carbocycles. The molecule has 0 bridgehead atoms. The molecule has 5 heteroatoms. The molecule has 0 radical (unpaired) electrons. The molecule has 0 unspecified atom stereocenters. The van der Waals surface area contributed by atoms with Crippen LogP contribution in [0, 0.1) is 0 Å². The third-order valence-corrected chi connectivity index (χ3v) is 4.42. The van der Waals surface area contributed by atoms with E-state index in [1.54, 1.807) is 36.4 Å². The number of anilines is 1. The van der Waals surface area contributed by atoms with Gasteiger partial charge in [0, 0.05) is 16.3 Å². The van der Waals surface area contributed by atoms with Crippen molar-refractivity contribution < 1.29 is 14.3 Å². The summed E-state index contributed by atoms with van der Waals surface area (Å²) >= 11 is 6.26. The van der Waals surface area contributed by atoms with E-state index in [0.29, 0.717) is 21.8 Å². The molecular formula is C23H18ClNO3. The molecule has 0 heterocycles. The Hall–Kier alpha value is -3.37. The van der Waals surface area contributed by atoms with E-state index in [2.05, 4.69) is 5.32 Å². The standard InChI is InChI=1S/C23H18ClNO3/c1-28-23(27)18-11-7-12-19(14-18)25-22(26)20(16-8-3-2-4-9-16)15-17-10-5-6-13-21(17)24/h2-15H,1H3,(H,25,26)/b20-15+. The molecule has 4 nitrogen and oxygen atoms in total. The topological polar surface area (TPSA) is 55.4 Å². The van der Waals surface area contributed by atoms with Crippen molar-refractivity contribution in [2.75, 3.05) is 12.4 Å². The van der Waals surface area contributed by atoms with Crippen molar-refractivity contribution in [1.82, 2.24) is 0 Å². The van der Waals surface area contributed by atoms with Gasteiger partial charge in [-0.2, -0.15) is 0 Å². The molecular weight excluding hydrogens is 374 g/mol. The summed E-state index contributed by atoms with van der Waals surface area (Å²) in [5.74, 6) is -0.779. The van der Waals surface area contributed by atoms with Crippen LogP contribution in [0.2, 0.25) is 5.02 Å². The van der Waals surface area contributed by atoms with Crippen molar-refractivity contribution in [3.8, 4) is 0 Å². The predicted octanol–water partition coefficient (Wildman–Crippen LogP) is 5.31. The second kappa shape index (κ2) is 9.02. The van der Waals surface area contributed by atoms with E-state index in [0.717, 1.165) is 11.1 Å². The summed E-state index contributed by atoms with van der Waals surface area (Å²) in [7, 11) is 1.31. The van der Waals surface area contributed by atoms with Crippen LogP contribution in [0.1, 0.15) is 21.5 Å². The summed E-state index contributed by atoms with van der Waals surface area (Å²) < 4.78 is 4.73. The van der Waals surface area contributed by atoms with Gasteiger partial charge in [-0.25, -0.2) is 4.79 Å². The normalized spacial score (nSPS) is 11.0. The fraction of sp³-hybridized carbons (Fsp3) is 0.0435. The van der Waals surface area contributed by atoms with Crippen LogP contribution < -0.4 is 5.32 Å². The number of amides is 1. The highest BCUT2D eigenvalue weighted by molar-refractivity contribution is 6.34. The maximum atomic E-state index is 13.0. The maximum Gasteiger partial charge on any atom is 0.337 e. The van der Waals surface area contributed by atoms with Crippen LogP contribution in [0.15, 0.2) is 78.9 Å². The van der Waals surface area contributed by atoms with E-state index in [-0.39, 0.29) is 5.91 Å². The van der Waals surface area contributed by atoms with Crippen molar-refractivity contribution in [3.05, 3.63) is 101 Å². The quantitative estimate of drug-likeness (QED) is 0.364. The van der Waals surface area contributed by atoms with Gasteiger partial charge in [0.15, 0.2) is 0 Å². The van der Waals surface area contributed by atoms with Crippen LogP contribution in [-0.4, -0.2) is 19.0 Å². The lowest BCUT2D eigenvalue weighted by molar-refractivity contribution is -0.111. The SMILES string of the molecule is COC(=O)c1cccc(NC(=O)/C(=C/c2ccccc2Cl)c2ccccc2)c1. The largest absolute Gasteiger partial charge is 0.465 e. The summed E-state index contributed by atoms with van der Waals surface area (Å²) in [6.45, 7) is 0. The first-order valence-electron chi connectivity index (χ1n) is 8.60. The van der Waals surface area contributed by atoms with Crippen LogP contribution in [-0.2, 0) is 9.53 Å². The Balaban J connectivity index is 1.96. The molecule has 0 aromatic heterocycles. The minimum atomic E-state index is -0.467. The first-order chi connectivity index (χ1) is 13.6. The summed E-state index contributed by atoms with van der Waals surface area (Å²) in [5.41, 5.74) is 2.80. The molecule has 28 heavy (non-hydrogen) atoms. The number of hydrogen-bond acceptors (Lipinski definition) is 3. The monoisotopic (exact) mass is 391 g/mol. The minimum Gasteiger partial charge on any atom is -0.465 e. The smallest absolute Gasteiger partial charge is 0.337 e. The average Bonchev–Trinajstić information content (AvgIpc) is 2.73. The zero-order valence-corrected chi connectivity index (χ0v) is 15.9. The van der Waals surface area contributed by atoms with Crippen molar-refractivity contribution >= 4 is 40.8 Å². The van der Waals surface area contributed by atoms with Gasteiger partial charge in [0.2, 0.25) is 0 Å². The van der Waals surface area contributed by atoms with E-state index < -0.39 is 5.97 Å². The number of esters is 1. The molecule has 0 spiro atoms. The summed E-state index contributed by atoms with van der Waals surface area (Å²) in [6.07, 6.45) is 1.75. The van der Waals surface area contributed by atoms with Crippen LogP contribution in [0.5, 0.6) is 0 Å². The third-order valence-electron chi connectivity index (χ3n) is 4.08. The Morgan fingerprint density at radius 1 is 0.893 bits per heavy atom. The van der Waals surface area contributed by atoms with Gasteiger partial charge in [-0.3, -0.25) is 4.79 Å². The number of ether oxygens (including phenoxy) is 1.